The maximum atomic E-state index is 6.10. The molecule has 5 rings (SSSR count). The van der Waals surface area contributed by atoms with Crippen LogP contribution < -0.4 is 25.4 Å². The van der Waals surface area contributed by atoms with Crippen molar-refractivity contribution < 1.29 is 9.47 Å². The normalized spacial score (nSPS) is 11.2. The van der Waals surface area contributed by atoms with Crippen molar-refractivity contribution in [3.63, 3.8) is 0 Å². The minimum absolute atomic E-state index is 0.630. The van der Waals surface area contributed by atoms with Crippen LogP contribution in [0.25, 0.3) is 0 Å². The Morgan fingerprint density at radius 2 is 0.895 bits per heavy atom. The summed E-state index contributed by atoms with van der Waals surface area (Å²) in [6, 6.07) is 51.7. The van der Waals surface area contributed by atoms with E-state index in [1.165, 1.54) is 21.5 Å². The molecule has 2 nitrogen and oxygen atoms in total. The first-order chi connectivity index (χ1) is 18.8. The average molecular weight is 518 g/mol. The Hall–Kier alpha value is -3.87. The number of aryl methyl sites for hydroxylation is 1. The summed E-state index contributed by atoms with van der Waals surface area (Å²) >= 11 is 0. The summed E-state index contributed by atoms with van der Waals surface area (Å²) in [6.07, 6.45) is 2.87. The lowest BCUT2D eigenvalue weighted by atomic mass is 10.2. The van der Waals surface area contributed by atoms with E-state index in [9.17, 15) is 0 Å². The van der Waals surface area contributed by atoms with E-state index in [4.69, 9.17) is 9.47 Å². The lowest BCUT2D eigenvalue weighted by Crippen LogP contribution is -2.34. The van der Waals surface area contributed by atoms with E-state index >= 15 is 0 Å². The Labute approximate surface area is 227 Å². The van der Waals surface area contributed by atoms with Gasteiger partial charge in [-0.25, -0.2) is 0 Å². The van der Waals surface area contributed by atoms with Crippen LogP contribution >= 0.6 is 7.26 Å². The standard InChI is InChI=1S/C35H34O2P/c1-5-16-31(17-6-1)36-26-14-27-37-32-18-13-15-30(29-32)25-28-38(33-19-7-2-8-20-33,34-21-9-3-10-22-34)35-23-11-4-12-24-35/h1-13,15-24,29H,14,25-28H2/q+1. The molecule has 0 amide bonds. The topological polar surface area (TPSA) is 18.5 Å². The minimum Gasteiger partial charge on any atom is -0.493 e. The van der Waals surface area contributed by atoms with Crippen molar-refractivity contribution in [3.05, 3.63) is 151 Å². The Bertz CT molecular complexity index is 1280. The fraction of sp³-hybridized carbons (Fsp3) is 0.143. The van der Waals surface area contributed by atoms with Crippen molar-refractivity contribution >= 4 is 23.2 Å². The first-order valence-electron chi connectivity index (χ1n) is 13.3. The first kappa shape index (κ1) is 25.8. The van der Waals surface area contributed by atoms with Crippen molar-refractivity contribution in [1.29, 1.82) is 0 Å². The third kappa shape index (κ3) is 6.33. The van der Waals surface area contributed by atoms with Crippen LogP contribution in [0.5, 0.6) is 11.5 Å². The van der Waals surface area contributed by atoms with Gasteiger partial charge in [-0.05, 0) is 66.2 Å². The predicted octanol–water partition coefficient (Wildman–Crippen LogP) is 7.07. The van der Waals surface area contributed by atoms with Gasteiger partial charge in [0.2, 0.25) is 0 Å². The highest BCUT2D eigenvalue weighted by molar-refractivity contribution is 7.95. The number of para-hydroxylation sites is 1. The molecule has 0 unspecified atom stereocenters. The second-order valence-electron chi connectivity index (χ2n) is 9.30. The summed E-state index contributed by atoms with van der Waals surface area (Å²) in [5.74, 6) is 1.82. The van der Waals surface area contributed by atoms with Crippen LogP contribution in [0.2, 0.25) is 0 Å². The van der Waals surface area contributed by atoms with Gasteiger partial charge in [-0.2, -0.15) is 0 Å². The number of hydrogen-bond donors (Lipinski definition) is 0. The highest BCUT2D eigenvalue weighted by Gasteiger charge is 2.44. The van der Waals surface area contributed by atoms with Gasteiger partial charge in [0.25, 0.3) is 0 Å². The van der Waals surface area contributed by atoms with Gasteiger partial charge in [-0.3, -0.25) is 0 Å². The molecule has 5 aromatic rings. The molecule has 38 heavy (non-hydrogen) atoms. The van der Waals surface area contributed by atoms with E-state index in [0.29, 0.717) is 13.2 Å². The van der Waals surface area contributed by atoms with E-state index in [1.807, 2.05) is 30.3 Å². The van der Waals surface area contributed by atoms with Crippen molar-refractivity contribution in [2.75, 3.05) is 19.4 Å². The molecule has 0 aliphatic rings. The Balaban J connectivity index is 1.32. The van der Waals surface area contributed by atoms with Crippen LogP contribution in [0, 0.1) is 0 Å². The molecule has 0 aliphatic carbocycles. The molecule has 3 heteroatoms. The number of benzene rings is 5. The molecule has 0 N–H and O–H groups in total. The molecule has 0 bridgehead atoms. The highest BCUT2D eigenvalue weighted by atomic mass is 31.2. The number of rotatable bonds is 12. The molecule has 0 atom stereocenters. The van der Waals surface area contributed by atoms with Crippen LogP contribution in [0.1, 0.15) is 12.0 Å². The van der Waals surface area contributed by atoms with Crippen molar-refractivity contribution in [2.24, 2.45) is 0 Å². The molecular weight excluding hydrogens is 483 g/mol. The van der Waals surface area contributed by atoms with E-state index in [0.717, 1.165) is 30.5 Å². The second-order valence-corrected chi connectivity index (χ2v) is 12.9. The molecule has 5 aromatic carbocycles. The van der Waals surface area contributed by atoms with Gasteiger partial charge >= 0.3 is 0 Å². The third-order valence-corrected chi connectivity index (χ3v) is 11.2. The maximum Gasteiger partial charge on any atom is 0.119 e. The van der Waals surface area contributed by atoms with Crippen molar-refractivity contribution in [1.82, 2.24) is 0 Å². The molecular formula is C35H34O2P+. The Morgan fingerprint density at radius 3 is 1.42 bits per heavy atom. The minimum atomic E-state index is -1.85. The number of ether oxygens (including phenoxy) is 2. The quantitative estimate of drug-likeness (QED) is 0.130. The van der Waals surface area contributed by atoms with E-state index in [1.54, 1.807) is 0 Å². The monoisotopic (exact) mass is 517 g/mol. The molecule has 0 heterocycles. The average Bonchev–Trinajstić information content (AvgIpc) is 3.00. The smallest absolute Gasteiger partial charge is 0.119 e. The number of hydrogen-bond acceptors (Lipinski definition) is 2. The summed E-state index contributed by atoms with van der Waals surface area (Å²) < 4.78 is 11.9. The predicted molar refractivity (Wildman–Crippen MR) is 162 cm³/mol. The SMILES string of the molecule is c1ccc(OCCCOc2cccc(CC[P+](c3ccccc3)(c3ccccc3)c3ccccc3)c2)cc1. The molecule has 0 aromatic heterocycles. The Morgan fingerprint density at radius 1 is 0.447 bits per heavy atom. The molecule has 0 saturated heterocycles. The van der Waals surface area contributed by atoms with Crippen LogP contribution in [0.3, 0.4) is 0 Å². The lowest BCUT2D eigenvalue weighted by Gasteiger charge is -2.27. The summed E-state index contributed by atoms with van der Waals surface area (Å²) in [4.78, 5) is 0. The lowest BCUT2D eigenvalue weighted by molar-refractivity contribution is 0.247. The zero-order chi connectivity index (χ0) is 25.9. The van der Waals surface area contributed by atoms with Gasteiger partial charge < -0.3 is 9.47 Å². The van der Waals surface area contributed by atoms with E-state index in [-0.39, 0.29) is 0 Å². The van der Waals surface area contributed by atoms with Gasteiger partial charge in [0.15, 0.2) is 0 Å². The second kappa shape index (κ2) is 13.1. The first-order valence-corrected chi connectivity index (χ1v) is 15.3. The molecule has 0 saturated carbocycles. The van der Waals surface area contributed by atoms with Gasteiger partial charge in [0.1, 0.15) is 34.7 Å². The van der Waals surface area contributed by atoms with Gasteiger partial charge in [0.05, 0.1) is 19.4 Å². The van der Waals surface area contributed by atoms with Crippen LogP contribution in [-0.4, -0.2) is 19.4 Å². The summed E-state index contributed by atoms with van der Waals surface area (Å²) in [5, 5.41) is 4.26. The van der Waals surface area contributed by atoms with Gasteiger partial charge in [-0.15, -0.1) is 0 Å². The van der Waals surface area contributed by atoms with Crippen LogP contribution in [-0.2, 0) is 6.42 Å². The maximum absolute atomic E-state index is 6.10. The molecule has 0 spiro atoms. The summed E-state index contributed by atoms with van der Waals surface area (Å²) in [7, 11) is -1.85. The highest BCUT2D eigenvalue weighted by Crippen LogP contribution is 2.55. The third-order valence-electron chi connectivity index (χ3n) is 6.79. The fourth-order valence-electron chi connectivity index (χ4n) is 4.93. The molecule has 190 valence electrons. The summed E-state index contributed by atoms with van der Waals surface area (Å²) in [5.41, 5.74) is 1.30. The summed E-state index contributed by atoms with van der Waals surface area (Å²) in [6.45, 7) is 1.27. The molecule has 0 fully saturated rings. The van der Waals surface area contributed by atoms with Gasteiger partial charge in [-0.1, -0.05) is 84.9 Å². The zero-order valence-electron chi connectivity index (χ0n) is 21.7. The van der Waals surface area contributed by atoms with Crippen molar-refractivity contribution in [2.45, 2.75) is 12.8 Å². The van der Waals surface area contributed by atoms with E-state index in [2.05, 4.69) is 115 Å². The fourth-order valence-corrected chi connectivity index (χ4v) is 9.23. The zero-order valence-corrected chi connectivity index (χ0v) is 22.6. The van der Waals surface area contributed by atoms with Crippen LogP contribution in [0.4, 0.5) is 0 Å². The van der Waals surface area contributed by atoms with Gasteiger partial charge in [0, 0.05) is 12.8 Å². The Kier molecular flexibility index (Phi) is 8.87. The van der Waals surface area contributed by atoms with Crippen molar-refractivity contribution in [3.8, 4) is 11.5 Å². The molecule has 0 radical (unpaired) electrons. The van der Waals surface area contributed by atoms with E-state index < -0.39 is 7.26 Å². The van der Waals surface area contributed by atoms with Crippen LogP contribution in [0.15, 0.2) is 146 Å². The largest absolute Gasteiger partial charge is 0.493 e. The molecule has 0 aliphatic heterocycles.